The average Bonchev–Trinajstić information content (AvgIpc) is 2.47. The lowest BCUT2D eigenvalue weighted by Gasteiger charge is -2.18. The van der Waals surface area contributed by atoms with Gasteiger partial charge in [-0.3, -0.25) is 4.79 Å². The monoisotopic (exact) mass is 335 g/mol. The van der Waals surface area contributed by atoms with Crippen molar-refractivity contribution in [1.29, 1.82) is 0 Å². The van der Waals surface area contributed by atoms with Crippen molar-refractivity contribution in [3.8, 4) is 0 Å². The standard InChI is InChI=1S/C18H19ClFNO2/c1-12(9-17(22)14-5-7-16(20)8-6-14)21-18(23)11-13-3-2-4-15(19)10-13/h2-8,10,12,17,22H,9,11H2,1H3,(H,21,23). The minimum atomic E-state index is -0.753. The molecule has 0 bridgehead atoms. The molecule has 5 heteroatoms. The summed E-state index contributed by atoms with van der Waals surface area (Å²) < 4.78 is 12.9. The smallest absolute Gasteiger partial charge is 0.224 e. The van der Waals surface area contributed by atoms with Gasteiger partial charge in [0.25, 0.3) is 0 Å². The summed E-state index contributed by atoms with van der Waals surface area (Å²) in [4.78, 5) is 12.0. The highest BCUT2D eigenvalue weighted by atomic mass is 35.5. The van der Waals surface area contributed by atoms with Crippen LogP contribution < -0.4 is 5.32 Å². The van der Waals surface area contributed by atoms with Crippen LogP contribution in [0.3, 0.4) is 0 Å². The molecule has 0 aliphatic rings. The van der Waals surface area contributed by atoms with Crippen molar-refractivity contribution >= 4 is 17.5 Å². The number of amides is 1. The fourth-order valence-corrected chi connectivity index (χ4v) is 2.59. The van der Waals surface area contributed by atoms with Crippen LogP contribution in [0.4, 0.5) is 4.39 Å². The summed E-state index contributed by atoms with van der Waals surface area (Å²) in [5.74, 6) is -0.477. The molecule has 0 saturated heterocycles. The van der Waals surface area contributed by atoms with Crippen LogP contribution in [0.5, 0.6) is 0 Å². The fraction of sp³-hybridized carbons (Fsp3) is 0.278. The predicted octanol–water partition coefficient (Wildman–Crippen LogP) is 3.65. The topological polar surface area (TPSA) is 49.3 Å². The Labute approximate surface area is 140 Å². The summed E-state index contributed by atoms with van der Waals surface area (Å²) in [6.45, 7) is 1.82. The molecule has 2 aromatic rings. The summed E-state index contributed by atoms with van der Waals surface area (Å²) in [6.07, 6.45) is -0.165. The van der Waals surface area contributed by atoms with Gasteiger partial charge in [-0.25, -0.2) is 4.39 Å². The van der Waals surface area contributed by atoms with Crippen LogP contribution in [0.25, 0.3) is 0 Å². The van der Waals surface area contributed by atoms with Crippen molar-refractivity contribution in [3.05, 3.63) is 70.5 Å². The van der Waals surface area contributed by atoms with Crippen LogP contribution in [0, 0.1) is 5.82 Å². The maximum Gasteiger partial charge on any atom is 0.224 e. The SMILES string of the molecule is CC(CC(O)c1ccc(F)cc1)NC(=O)Cc1cccc(Cl)c1. The van der Waals surface area contributed by atoms with Gasteiger partial charge in [-0.15, -0.1) is 0 Å². The molecule has 0 radical (unpaired) electrons. The molecule has 0 fully saturated rings. The highest BCUT2D eigenvalue weighted by molar-refractivity contribution is 6.30. The van der Waals surface area contributed by atoms with Crippen LogP contribution in [0.15, 0.2) is 48.5 Å². The van der Waals surface area contributed by atoms with Crippen molar-refractivity contribution in [3.63, 3.8) is 0 Å². The first-order valence-corrected chi connectivity index (χ1v) is 7.79. The molecule has 2 unspecified atom stereocenters. The molecule has 2 rings (SSSR count). The Morgan fingerprint density at radius 2 is 1.96 bits per heavy atom. The molecule has 0 aromatic heterocycles. The zero-order valence-electron chi connectivity index (χ0n) is 12.8. The molecule has 0 heterocycles. The van der Waals surface area contributed by atoms with Crippen molar-refractivity contribution in [2.45, 2.75) is 31.9 Å². The number of nitrogens with one attached hydrogen (secondary N) is 1. The molecule has 0 saturated carbocycles. The third-order valence-corrected chi connectivity index (χ3v) is 3.73. The second-order valence-corrected chi connectivity index (χ2v) is 6.01. The molecular weight excluding hydrogens is 317 g/mol. The predicted molar refractivity (Wildman–Crippen MR) is 88.7 cm³/mol. The van der Waals surface area contributed by atoms with Gasteiger partial charge in [-0.05, 0) is 48.7 Å². The van der Waals surface area contributed by atoms with Crippen LogP contribution >= 0.6 is 11.6 Å². The van der Waals surface area contributed by atoms with Crippen molar-refractivity contribution in [2.75, 3.05) is 0 Å². The molecule has 2 N–H and O–H groups in total. The second kappa shape index (κ2) is 8.09. The summed E-state index contributed by atoms with van der Waals surface area (Å²) in [5.41, 5.74) is 1.46. The van der Waals surface area contributed by atoms with E-state index in [1.165, 1.54) is 12.1 Å². The second-order valence-electron chi connectivity index (χ2n) is 5.58. The Hall–Kier alpha value is -1.91. The van der Waals surface area contributed by atoms with E-state index in [0.717, 1.165) is 5.56 Å². The molecule has 0 aliphatic carbocycles. The lowest BCUT2D eigenvalue weighted by molar-refractivity contribution is -0.121. The van der Waals surface area contributed by atoms with Gasteiger partial charge in [0.05, 0.1) is 12.5 Å². The molecule has 3 nitrogen and oxygen atoms in total. The summed E-state index contributed by atoms with van der Waals surface area (Å²) in [5, 5.41) is 13.6. The van der Waals surface area contributed by atoms with Crippen LogP contribution in [0.2, 0.25) is 5.02 Å². The zero-order valence-corrected chi connectivity index (χ0v) is 13.6. The molecule has 1 amide bonds. The van der Waals surface area contributed by atoms with E-state index in [9.17, 15) is 14.3 Å². The number of carbonyl (C=O) groups is 1. The van der Waals surface area contributed by atoms with Gasteiger partial charge >= 0.3 is 0 Å². The minimum absolute atomic E-state index is 0.133. The van der Waals surface area contributed by atoms with E-state index < -0.39 is 6.10 Å². The molecule has 23 heavy (non-hydrogen) atoms. The Bertz CT molecular complexity index is 660. The van der Waals surface area contributed by atoms with E-state index >= 15 is 0 Å². The van der Waals surface area contributed by atoms with E-state index in [1.807, 2.05) is 13.0 Å². The van der Waals surface area contributed by atoms with E-state index in [-0.39, 0.29) is 24.2 Å². The van der Waals surface area contributed by atoms with Crippen LogP contribution in [0.1, 0.15) is 30.6 Å². The van der Waals surface area contributed by atoms with Crippen molar-refractivity contribution in [1.82, 2.24) is 5.32 Å². The quantitative estimate of drug-likeness (QED) is 0.846. The van der Waals surface area contributed by atoms with Crippen LogP contribution in [-0.4, -0.2) is 17.1 Å². The maximum absolute atomic E-state index is 12.9. The van der Waals surface area contributed by atoms with Gasteiger partial charge in [-0.1, -0.05) is 35.9 Å². The Morgan fingerprint density at radius 1 is 1.26 bits per heavy atom. The third kappa shape index (κ3) is 5.66. The fourth-order valence-electron chi connectivity index (χ4n) is 2.37. The normalized spacial score (nSPS) is 13.4. The molecular formula is C18H19ClFNO2. The van der Waals surface area contributed by atoms with E-state index in [1.54, 1.807) is 30.3 Å². The lowest BCUT2D eigenvalue weighted by atomic mass is 10.0. The minimum Gasteiger partial charge on any atom is -0.388 e. The number of aliphatic hydroxyl groups is 1. The number of aliphatic hydroxyl groups excluding tert-OH is 1. The zero-order chi connectivity index (χ0) is 16.8. The van der Waals surface area contributed by atoms with Gasteiger partial charge in [0.15, 0.2) is 0 Å². The summed E-state index contributed by atoms with van der Waals surface area (Å²) in [7, 11) is 0. The molecule has 122 valence electrons. The van der Waals surface area contributed by atoms with Gasteiger partial charge in [0.2, 0.25) is 5.91 Å². The molecule has 0 spiro atoms. The van der Waals surface area contributed by atoms with Crippen molar-refractivity contribution < 1.29 is 14.3 Å². The first-order chi connectivity index (χ1) is 10.9. The maximum atomic E-state index is 12.9. The van der Waals surface area contributed by atoms with Crippen LogP contribution in [-0.2, 0) is 11.2 Å². The molecule has 2 atom stereocenters. The summed E-state index contributed by atoms with van der Waals surface area (Å²) >= 11 is 5.89. The third-order valence-electron chi connectivity index (χ3n) is 3.49. The highest BCUT2D eigenvalue weighted by Gasteiger charge is 2.15. The number of benzene rings is 2. The van der Waals surface area contributed by atoms with Gasteiger partial charge < -0.3 is 10.4 Å². The number of rotatable bonds is 6. The molecule has 0 aliphatic heterocycles. The lowest BCUT2D eigenvalue weighted by Crippen LogP contribution is -2.34. The number of halogens is 2. The first-order valence-electron chi connectivity index (χ1n) is 7.41. The van der Waals surface area contributed by atoms with Crippen molar-refractivity contribution in [2.24, 2.45) is 0 Å². The largest absolute Gasteiger partial charge is 0.388 e. The van der Waals surface area contributed by atoms with Gasteiger partial charge in [0.1, 0.15) is 5.82 Å². The van der Waals surface area contributed by atoms with E-state index in [4.69, 9.17) is 11.6 Å². The van der Waals surface area contributed by atoms with Gasteiger partial charge in [0, 0.05) is 11.1 Å². The number of hydrogen-bond acceptors (Lipinski definition) is 2. The number of carbonyl (C=O) groups excluding carboxylic acids is 1. The Morgan fingerprint density at radius 3 is 2.61 bits per heavy atom. The average molecular weight is 336 g/mol. The summed E-state index contributed by atoms with van der Waals surface area (Å²) in [6, 6.07) is 12.6. The van der Waals surface area contributed by atoms with E-state index in [2.05, 4.69) is 5.32 Å². The number of hydrogen-bond donors (Lipinski definition) is 2. The first kappa shape index (κ1) is 17.4. The Kier molecular flexibility index (Phi) is 6.13. The molecule has 2 aromatic carbocycles. The Balaban J connectivity index is 1.85. The van der Waals surface area contributed by atoms with Gasteiger partial charge in [-0.2, -0.15) is 0 Å². The highest BCUT2D eigenvalue weighted by Crippen LogP contribution is 2.18. The van der Waals surface area contributed by atoms with E-state index in [0.29, 0.717) is 17.0 Å².